The molecule has 5 heterocycles. The molecular formula is C43H95B9O18. The van der Waals surface area contributed by atoms with Crippen molar-refractivity contribution >= 4 is 64.1 Å². The van der Waals surface area contributed by atoms with E-state index in [1.165, 1.54) is 6.82 Å². The zero-order chi connectivity index (χ0) is 54.5. The predicted octanol–water partition coefficient (Wildman–Crippen LogP) is 7.77. The number of fused-ring (bicyclic) bond motifs is 1. The Labute approximate surface area is 429 Å². The third kappa shape index (κ3) is 43.2. The predicted molar refractivity (Wildman–Crippen MR) is 291 cm³/mol. The van der Waals surface area contributed by atoms with Crippen molar-refractivity contribution in [3.63, 3.8) is 0 Å². The van der Waals surface area contributed by atoms with Gasteiger partial charge in [0.15, 0.2) is 0 Å². The molecule has 0 amide bonds. The normalized spacial score (nSPS) is 17.5. The first-order chi connectivity index (χ1) is 32.5. The lowest BCUT2D eigenvalue weighted by molar-refractivity contribution is 0.00578. The Balaban J connectivity index is -0.000000730. The molecule has 4 fully saturated rings. The third-order valence-electron chi connectivity index (χ3n) is 9.40. The summed E-state index contributed by atoms with van der Waals surface area (Å²) in [5.74, 6) is 1.69. The van der Waals surface area contributed by atoms with Gasteiger partial charge >= 0.3 is 64.1 Å². The molecule has 18 nitrogen and oxygen atoms in total. The minimum absolute atomic E-state index is 0.00183. The van der Waals surface area contributed by atoms with E-state index in [4.69, 9.17) is 75.2 Å². The second kappa shape index (κ2) is 42.0. The Morgan fingerprint density at radius 3 is 1.10 bits per heavy atom. The molecule has 1 aromatic carbocycles. The highest BCUT2D eigenvalue weighted by Crippen LogP contribution is 2.36. The molecule has 4 saturated heterocycles. The van der Waals surface area contributed by atoms with Crippen molar-refractivity contribution in [1.82, 2.24) is 0 Å². The molecule has 0 spiro atoms. The fourth-order valence-electron chi connectivity index (χ4n) is 5.43. The Kier molecular flexibility index (Phi) is 43.8. The van der Waals surface area contributed by atoms with Gasteiger partial charge in [-0.1, -0.05) is 26.0 Å². The highest BCUT2D eigenvalue weighted by atomic mass is 16.7. The van der Waals surface area contributed by atoms with Crippen LogP contribution in [-0.2, 0) is 65.2 Å². The van der Waals surface area contributed by atoms with Crippen molar-refractivity contribution in [2.45, 2.75) is 174 Å². The van der Waals surface area contributed by atoms with Gasteiger partial charge in [-0.05, 0) is 149 Å². The quantitative estimate of drug-likeness (QED) is 0.216. The maximum absolute atomic E-state index is 7.61. The summed E-state index contributed by atoms with van der Waals surface area (Å²) in [5, 5.41) is 15.2. The van der Waals surface area contributed by atoms with Crippen LogP contribution in [-0.4, -0.2) is 165 Å². The van der Waals surface area contributed by atoms with Gasteiger partial charge in [-0.3, -0.25) is 0 Å². The van der Waals surface area contributed by atoms with Crippen molar-refractivity contribution in [3.8, 4) is 11.5 Å². The number of hydrogen-bond donors (Lipinski definition) is 2. The largest absolute Gasteiger partial charge is 0.591 e. The Hall–Kier alpha value is -1.24. The minimum Gasteiger partial charge on any atom is -0.523 e. The average molecular weight is 998 g/mol. The first kappa shape index (κ1) is 73.0. The molecule has 0 aromatic heterocycles. The van der Waals surface area contributed by atoms with E-state index in [1.54, 1.807) is 14.2 Å². The summed E-state index contributed by atoms with van der Waals surface area (Å²) in [6.45, 7) is 47.2. The van der Waals surface area contributed by atoms with E-state index in [2.05, 4.69) is 50.9 Å². The second-order valence-corrected chi connectivity index (χ2v) is 18.5. The molecule has 0 bridgehead atoms. The zero-order valence-electron chi connectivity index (χ0n) is 48.0. The van der Waals surface area contributed by atoms with Gasteiger partial charge in [-0.25, -0.2) is 0 Å². The van der Waals surface area contributed by atoms with Crippen molar-refractivity contribution in [2.24, 2.45) is 5.41 Å². The van der Waals surface area contributed by atoms with E-state index >= 15 is 0 Å². The van der Waals surface area contributed by atoms with Gasteiger partial charge in [-0.2, -0.15) is 0 Å². The monoisotopic (exact) mass is 999 g/mol. The number of benzene rings is 1. The van der Waals surface area contributed by atoms with Crippen LogP contribution < -0.4 is 9.31 Å². The van der Waals surface area contributed by atoms with E-state index < -0.39 is 7.12 Å². The van der Waals surface area contributed by atoms with Crippen LogP contribution in [0.25, 0.3) is 0 Å². The molecular weight excluding hydrogens is 902 g/mol. The number of hydrogen-bond acceptors (Lipinski definition) is 18. The molecule has 1 aromatic rings. The smallest absolute Gasteiger partial charge is 0.523 e. The fraction of sp³-hybridized carbons (Fsp3) is 0.860. The van der Waals surface area contributed by atoms with Gasteiger partial charge in [-0.15, -0.1) is 0 Å². The Morgan fingerprint density at radius 1 is 0.543 bits per heavy atom. The van der Waals surface area contributed by atoms with Crippen LogP contribution in [0.1, 0.15) is 89.5 Å². The summed E-state index contributed by atoms with van der Waals surface area (Å²) in [6.07, 6.45) is 1.53. The molecule has 27 heteroatoms. The Morgan fingerprint density at radius 2 is 0.886 bits per heavy atom. The summed E-state index contributed by atoms with van der Waals surface area (Å²) in [4.78, 5) is 0. The molecule has 0 aliphatic carbocycles. The average Bonchev–Trinajstić information content (AvgIpc) is 3.94. The molecule has 2 N–H and O–H groups in total. The second-order valence-electron chi connectivity index (χ2n) is 18.5. The molecule has 6 rings (SSSR count). The summed E-state index contributed by atoms with van der Waals surface area (Å²) >= 11 is 0. The minimum atomic E-state index is -1.17. The highest BCUT2D eigenvalue weighted by molar-refractivity contribution is 6.46. The number of rotatable bonds is 10. The highest BCUT2D eigenvalue weighted by Gasteiger charge is 2.48. The summed E-state index contributed by atoms with van der Waals surface area (Å²) < 4.78 is 82.3. The first-order valence-corrected chi connectivity index (χ1v) is 24.9. The van der Waals surface area contributed by atoms with Gasteiger partial charge in [0.1, 0.15) is 11.5 Å². The van der Waals surface area contributed by atoms with E-state index in [0.717, 1.165) is 70.8 Å². The van der Waals surface area contributed by atoms with Gasteiger partial charge in [0, 0.05) is 71.5 Å². The van der Waals surface area contributed by atoms with Crippen LogP contribution in [0.4, 0.5) is 0 Å². The lowest BCUT2D eigenvalue weighted by Gasteiger charge is -2.32. The van der Waals surface area contributed by atoms with Crippen LogP contribution in [0.3, 0.4) is 0 Å². The summed E-state index contributed by atoms with van der Waals surface area (Å²) in [6, 6.07) is 7.66. The first-order valence-electron chi connectivity index (χ1n) is 24.9. The van der Waals surface area contributed by atoms with Crippen LogP contribution >= 0.6 is 0 Å². The molecule has 0 unspecified atom stereocenters. The van der Waals surface area contributed by atoms with E-state index in [-0.39, 0.29) is 85.8 Å². The molecule has 402 valence electrons. The molecule has 5 aliphatic heterocycles. The van der Waals surface area contributed by atoms with Crippen molar-refractivity contribution < 1.29 is 84.5 Å². The maximum atomic E-state index is 7.61. The molecule has 70 heavy (non-hydrogen) atoms. The SMILES string of the molecule is CB(O)O.CB(OC(C)C)OC(C)C.CB1OC(C)(C)C(C)(C)O1.CB1OCC(C)(C)CO1.CB1OCCCO1.CB1OCCO1.CB1Oc2ccccc2O1.CCOB(C)OCC.COB(C)OC. The Bertz CT molecular complexity index is 1260. The van der Waals surface area contributed by atoms with Crippen LogP contribution in [0.2, 0.25) is 61.4 Å². The van der Waals surface area contributed by atoms with Crippen LogP contribution in [0.5, 0.6) is 11.5 Å². The fourth-order valence-corrected chi connectivity index (χ4v) is 5.43. The molecule has 0 atom stereocenters. The van der Waals surface area contributed by atoms with Crippen molar-refractivity contribution in [3.05, 3.63) is 24.3 Å². The van der Waals surface area contributed by atoms with Crippen LogP contribution in [0, 0.1) is 5.41 Å². The standard InChI is InChI=1S/C7H7BO2.C7H15BO2.C7H17BO2.C6H13BO2.C5H13BO2.C4H9BO2.C3H7BO2.C3H9BO2.CH5BO2/c1-8-9-6-4-2-3-5-7(6)10-8;1-6(2)7(3,4)10-8(5)9-6;1-6(2)9-8(5)10-7(3)4;1-6(2)4-8-7(3)9-5-6;1-4-7-6(3)8-5-2;1-5-6-3-2-4-7-5;1-4-5-2-3-6-4;1-4(5-2)6-3;1-2(3)4/h2-5H,1H3;1-5H3;6-7H,1-5H3;4-5H2,1-3H3;4-5H2,1-3H3;2-4H2,1H3;2-3H2,1H3;1-3H3;3-4H,1H3. The summed E-state index contributed by atoms with van der Waals surface area (Å²) in [5.41, 5.74) is -0.106. The van der Waals surface area contributed by atoms with Gasteiger partial charge < -0.3 is 84.5 Å². The summed E-state index contributed by atoms with van der Waals surface area (Å²) in [7, 11) is 1.75. The third-order valence-corrected chi connectivity index (χ3v) is 9.40. The van der Waals surface area contributed by atoms with Gasteiger partial charge in [0.2, 0.25) is 0 Å². The topological polar surface area (TPSA) is 188 Å². The van der Waals surface area contributed by atoms with E-state index in [1.807, 2.05) is 120 Å². The van der Waals surface area contributed by atoms with Crippen molar-refractivity contribution in [1.29, 1.82) is 0 Å². The maximum Gasteiger partial charge on any atom is 0.591 e. The molecule has 0 saturated carbocycles. The van der Waals surface area contributed by atoms with E-state index in [9.17, 15) is 0 Å². The van der Waals surface area contributed by atoms with Crippen molar-refractivity contribution in [2.75, 3.05) is 67.1 Å². The molecule has 0 radical (unpaired) electrons. The van der Waals surface area contributed by atoms with Gasteiger partial charge in [0.25, 0.3) is 0 Å². The molecule has 5 aliphatic rings. The zero-order valence-corrected chi connectivity index (χ0v) is 48.0. The lowest BCUT2D eigenvalue weighted by atomic mass is 9.86. The van der Waals surface area contributed by atoms with E-state index in [0.29, 0.717) is 0 Å². The lowest BCUT2D eigenvalue weighted by Crippen LogP contribution is -2.41. The van der Waals surface area contributed by atoms with Crippen LogP contribution in [0.15, 0.2) is 24.3 Å². The number of para-hydroxylation sites is 2. The van der Waals surface area contributed by atoms with Gasteiger partial charge in [0.05, 0.1) is 24.4 Å².